The molecule has 0 atom stereocenters. The van der Waals surface area contributed by atoms with E-state index in [1.54, 1.807) is 24.3 Å². The van der Waals surface area contributed by atoms with Gasteiger partial charge in [-0.2, -0.15) is 0 Å². The lowest BCUT2D eigenvalue weighted by molar-refractivity contribution is -0.137. The average Bonchev–Trinajstić information content (AvgIpc) is 2.28. The molecule has 1 rings (SSSR count). The third-order valence-corrected chi connectivity index (χ3v) is 2.24. The number of benzene rings is 1. The first-order chi connectivity index (χ1) is 8.52. The van der Waals surface area contributed by atoms with Crippen LogP contribution in [0.5, 0.6) is 5.75 Å². The van der Waals surface area contributed by atoms with E-state index < -0.39 is 11.9 Å². The minimum Gasteiger partial charge on any atom is -0.496 e. The fourth-order valence-electron chi connectivity index (χ4n) is 1.49. The van der Waals surface area contributed by atoms with Gasteiger partial charge < -0.3 is 14.9 Å². The van der Waals surface area contributed by atoms with E-state index in [-0.39, 0.29) is 12.8 Å². The van der Waals surface area contributed by atoms with Crippen molar-refractivity contribution in [3.63, 3.8) is 0 Å². The average molecular weight is 250 g/mol. The summed E-state index contributed by atoms with van der Waals surface area (Å²) < 4.78 is 5.12. The largest absolute Gasteiger partial charge is 0.496 e. The summed E-state index contributed by atoms with van der Waals surface area (Å²) >= 11 is 0. The molecule has 0 saturated heterocycles. The molecule has 0 saturated carbocycles. The molecule has 0 aliphatic carbocycles. The second-order valence-corrected chi connectivity index (χ2v) is 3.65. The van der Waals surface area contributed by atoms with Gasteiger partial charge in [0.1, 0.15) is 5.75 Å². The van der Waals surface area contributed by atoms with Gasteiger partial charge in [0, 0.05) is 5.56 Å². The Bertz CT molecular complexity index is 476. The Hall–Kier alpha value is -2.30. The molecule has 5 heteroatoms. The highest BCUT2D eigenvalue weighted by atomic mass is 16.5. The predicted octanol–water partition coefficient (Wildman–Crippen LogP) is 1.81. The second kappa shape index (κ2) is 6.44. The van der Waals surface area contributed by atoms with Gasteiger partial charge in [0.05, 0.1) is 20.0 Å². The molecule has 1 aromatic carbocycles. The SMILES string of the molecule is COc1ccc(CC(=O)O)cc1C=CCC(=O)O. The summed E-state index contributed by atoms with van der Waals surface area (Å²) in [7, 11) is 1.50. The first kappa shape index (κ1) is 13.8. The number of methoxy groups -OCH3 is 1. The number of carbonyl (C=O) groups is 2. The zero-order chi connectivity index (χ0) is 13.5. The standard InChI is InChI=1S/C13H14O5/c1-18-11-6-5-9(8-13(16)17)7-10(11)3-2-4-12(14)15/h2-3,5-7H,4,8H2,1H3,(H,14,15)(H,16,17). The minimum absolute atomic E-state index is 0.0796. The Labute approximate surface area is 104 Å². The minimum atomic E-state index is -0.924. The van der Waals surface area contributed by atoms with E-state index in [4.69, 9.17) is 14.9 Å². The number of rotatable bonds is 6. The topological polar surface area (TPSA) is 83.8 Å². The van der Waals surface area contributed by atoms with E-state index in [9.17, 15) is 9.59 Å². The van der Waals surface area contributed by atoms with Gasteiger partial charge in [-0.05, 0) is 17.7 Å². The third kappa shape index (κ3) is 4.29. The highest BCUT2D eigenvalue weighted by Gasteiger charge is 2.05. The molecule has 0 radical (unpaired) electrons. The number of aliphatic carboxylic acids is 2. The summed E-state index contributed by atoms with van der Waals surface area (Å²) in [4.78, 5) is 21.0. The summed E-state index contributed by atoms with van der Waals surface area (Å²) in [6.45, 7) is 0. The highest BCUT2D eigenvalue weighted by molar-refractivity contribution is 5.73. The number of carboxylic acids is 2. The van der Waals surface area contributed by atoms with Crippen LogP contribution in [0.15, 0.2) is 24.3 Å². The number of hydrogen-bond acceptors (Lipinski definition) is 3. The summed E-state index contributed by atoms with van der Waals surface area (Å²) in [6, 6.07) is 5.01. The van der Waals surface area contributed by atoms with Crippen LogP contribution in [-0.2, 0) is 16.0 Å². The van der Waals surface area contributed by atoms with Crippen LogP contribution in [-0.4, -0.2) is 29.3 Å². The van der Waals surface area contributed by atoms with Crippen molar-refractivity contribution in [2.75, 3.05) is 7.11 Å². The summed E-state index contributed by atoms with van der Waals surface area (Å²) in [6.07, 6.45) is 2.93. The van der Waals surface area contributed by atoms with Gasteiger partial charge in [-0.3, -0.25) is 9.59 Å². The van der Waals surface area contributed by atoms with Gasteiger partial charge in [-0.15, -0.1) is 0 Å². The summed E-state index contributed by atoms with van der Waals surface area (Å²) in [5, 5.41) is 17.2. The van der Waals surface area contributed by atoms with Crippen LogP contribution in [0, 0.1) is 0 Å². The van der Waals surface area contributed by atoms with E-state index in [0.717, 1.165) is 0 Å². The van der Waals surface area contributed by atoms with Crippen molar-refractivity contribution in [1.82, 2.24) is 0 Å². The molecule has 0 spiro atoms. The lowest BCUT2D eigenvalue weighted by atomic mass is 10.1. The Balaban J connectivity index is 2.94. The molecule has 1 aromatic rings. The lowest BCUT2D eigenvalue weighted by Crippen LogP contribution is -2.00. The Morgan fingerprint density at radius 1 is 1.28 bits per heavy atom. The molecule has 18 heavy (non-hydrogen) atoms. The monoisotopic (exact) mass is 250 g/mol. The lowest BCUT2D eigenvalue weighted by Gasteiger charge is -2.06. The van der Waals surface area contributed by atoms with Crippen molar-refractivity contribution >= 4 is 18.0 Å². The van der Waals surface area contributed by atoms with Crippen molar-refractivity contribution in [2.45, 2.75) is 12.8 Å². The first-order valence-corrected chi connectivity index (χ1v) is 5.30. The van der Waals surface area contributed by atoms with Crippen molar-refractivity contribution in [1.29, 1.82) is 0 Å². The molecule has 0 aliphatic rings. The van der Waals surface area contributed by atoms with Crippen LogP contribution in [0.1, 0.15) is 17.5 Å². The maximum absolute atomic E-state index is 10.6. The fourth-order valence-corrected chi connectivity index (χ4v) is 1.49. The number of hydrogen-bond donors (Lipinski definition) is 2. The second-order valence-electron chi connectivity index (χ2n) is 3.65. The van der Waals surface area contributed by atoms with Gasteiger partial charge in [-0.25, -0.2) is 0 Å². The maximum atomic E-state index is 10.6. The highest BCUT2D eigenvalue weighted by Crippen LogP contribution is 2.21. The fraction of sp³-hybridized carbons (Fsp3) is 0.231. The van der Waals surface area contributed by atoms with Crippen LogP contribution in [0.3, 0.4) is 0 Å². The maximum Gasteiger partial charge on any atom is 0.307 e. The van der Waals surface area contributed by atoms with Crippen LogP contribution >= 0.6 is 0 Å². The predicted molar refractivity (Wildman–Crippen MR) is 65.6 cm³/mol. The molecule has 0 amide bonds. The van der Waals surface area contributed by atoms with Crippen LogP contribution < -0.4 is 4.74 Å². The third-order valence-electron chi connectivity index (χ3n) is 2.24. The Kier molecular flexibility index (Phi) is 4.92. The van der Waals surface area contributed by atoms with E-state index in [2.05, 4.69) is 0 Å². The van der Waals surface area contributed by atoms with Crippen molar-refractivity contribution < 1.29 is 24.5 Å². The molecule has 0 aliphatic heterocycles. The quantitative estimate of drug-likeness (QED) is 0.804. The molecule has 2 N–H and O–H groups in total. The van der Waals surface area contributed by atoms with E-state index in [1.165, 1.54) is 13.2 Å². The molecule has 0 fully saturated rings. The van der Waals surface area contributed by atoms with Crippen molar-refractivity contribution in [3.05, 3.63) is 35.4 Å². The molecular weight excluding hydrogens is 236 g/mol. The summed E-state index contributed by atoms with van der Waals surface area (Å²) in [5.74, 6) is -1.27. The first-order valence-electron chi connectivity index (χ1n) is 5.30. The molecule has 0 bridgehead atoms. The molecule has 0 heterocycles. The number of ether oxygens (including phenoxy) is 1. The zero-order valence-electron chi connectivity index (χ0n) is 9.92. The van der Waals surface area contributed by atoms with Gasteiger partial charge in [0.2, 0.25) is 0 Å². The zero-order valence-corrected chi connectivity index (χ0v) is 9.92. The molecule has 0 unspecified atom stereocenters. The van der Waals surface area contributed by atoms with E-state index in [1.807, 2.05) is 0 Å². The van der Waals surface area contributed by atoms with Gasteiger partial charge in [0.15, 0.2) is 0 Å². The molecule has 5 nitrogen and oxygen atoms in total. The van der Waals surface area contributed by atoms with Crippen molar-refractivity contribution in [2.24, 2.45) is 0 Å². The van der Waals surface area contributed by atoms with Crippen molar-refractivity contribution in [3.8, 4) is 5.75 Å². The number of carboxylic acid groups (broad SMARTS) is 2. The molecule has 96 valence electrons. The van der Waals surface area contributed by atoms with E-state index in [0.29, 0.717) is 16.9 Å². The summed E-state index contributed by atoms with van der Waals surface area (Å²) in [5.41, 5.74) is 1.30. The van der Waals surface area contributed by atoms with Crippen LogP contribution in [0.4, 0.5) is 0 Å². The molecule has 0 aromatic heterocycles. The molecular formula is C13H14O5. The van der Waals surface area contributed by atoms with Crippen LogP contribution in [0.25, 0.3) is 6.08 Å². The smallest absolute Gasteiger partial charge is 0.307 e. The van der Waals surface area contributed by atoms with Gasteiger partial charge in [0.25, 0.3) is 0 Å². The van der Waals surface area contributed by atoms with Crippen LogP contribution in [0.2, 0.25) is 0 Å². The Morgan fingerprint density at radius 3 is 2.56 bits per heavy atom. The van der Waals surface area contributed by atoms with E-state index >= 15 is 0 Å². The normalized spacial score (nSPS) is 10.5. The van der Waals surface area contributed by atoms with Gasteiger partial charge in [-0.1, -0.05) is 18.2 Å². The Morgan fingerprint density at radius 2 is 2.00 bits per heavy atom. The van der Waals surface area contributed by atoms with Gasteiger partial charge >= 0.3 is 11.9 Å².